The van der Waals surface area contributed by atoms with E-state index in [0.29, 0.717) is 0 Å². The minimum Gasteiger partial charge on any atom is -0.481 e. The van der Waals surface area contributed by atoms with Crippen LogP contribution in [-0.4, -0.2) is 21.8 Å². The van der Waals surface area contributed by atoms with E-state index in [0.717, 1.165) is 32.6 Å². The summed E-state index contributed by atoms with van der Waals surface area (Å²) in [5.74, 6) is -0.723. The number of carboxylic acid groups (broad SMARTS) is 1. The van der Waals surface area contributed by atoms with Crippen LogP contribution in [0, 0.1) is 20.8 Å². The highest BCUT2D eigenvalue weighted by Crippen LogP contribution is 2.31. The topological polar surface area (TPSA) is 50.2 Å². The summed E-state index contributed by atoms with van der Waals surface area (Å²) in [6, 6.07) is 6.07. The number of carboxylic acids is 1. The normalized spacial score (nSPS) is 10.8. The largest absolute Gasteiger partial charge is 0.481 e. The smallest absolute Gasteiger partial charge is 0.313 e. The van der Waals surface area contributed by atoms with E-state index in [-0.39, 0.29) is 5.75 Å². The Kier molecular flexibility index (Phi) is 3.57. The number of aromatic nitrogens is 1. The van der Waals surface area contributed by atoms with Crippen LogP contribution in [0.1, 0.15) is 16.8 Å². The zero-order valence-electron chi connectivity index (χ0n) is 10.7. The van der Waals surface area contributed by atoms with Gasteiger partial charge >= 0.3 is 5.97 Å². The number of hydrogen-bond acceptors (Lipinski definition) is 3. The van der Waals surface area contributed by atoms with Gasteiger partial charge in [-0.25, -0.2) is 0 Å². The second-order valence-electron chi connectivity index (χ2n) is 4.37. The summed E-state index contributed by atoms with van der Waals surface area (Å²) >= 11 is 1.36. The molecule has 18 heavy (non-hydrogen) atoms. The molecular weight excluding hydrogens is 246 g/mol. The highest BCUT2D eigenvalue weighted by molar-refractivity contribution is 8.00. The average Bonchev–Trinajstić information content (AvgIpc) is 2.30. The number of benzene rings is 1. The molecule has 0 radical (unpaired) electrons. The van der Waals surface area contributed by atoms with Gasteiger partial charge in [0.2, 0.25) is 0 Å². The van der Waals surface area contributed by atoms with Crippen molar-refractivity contribution in [3.05, 3.63) is 35.0 Å². The quantitative estimate of drug-likeness (QED) is 0.861. The number of fused-ring (bicyclic) bond motifs is 1. The van der Waals surface area contributed by atoms with Crippen LogP contribution >= 0.6 is 11.8 Å². The lowest BCUT2D eigenvalue weighted by molar-refractivity contribution is -0.133. The average molecular weight is 261 g/mol. The minimum atomic E-state index is -0.798. The molecule has 0 atom stereocenters. The molecule has 0 saturated heterocycles. The van der Waals surface area contributed by atoms with E-state index >= 15 is 0 Å². The first-order valence-electron chi connectivity index (χ1n) is 5.71. The van der Waals surface area contributed by atoms with Crippen LogP contribution in [0.3, 0.4) is 0 Å². The fraction of sp³-hybridized carbons (Fsp3) is 0.286. The highest BCUT2D eigenvalue weighted by atomic mass is 32.2. The Morgan fingerprint density at radius 3 is 2.61 bits per heavy atom. The number of aliphatic carboxylic acids is 1. The lowest BCUT2D eigenvalue weighted by Gasteiger charge is -2.11. The molecule has 0 unspecified atom stereocenters. The predicted molar refractivity (Wildman–Crippen MR) is 74.3 cm³/mol. The number of carbonyl (C=O) groups is 1. The summed E-state index contributed by atoms with van der Waals surface area (Å²) in [5.41, 5.74) is 4.15. The Labute approximate surface area is 110 Å². The van der Waals surface area contributed by atoms with Gasteiger partial charge in [-0.05, 0) is 38.0 Å². The summed E-state index contributed by atoms with van der Waals surface area (Å²) < 4.78 is 0. The standard InChI is InChI=1S/C14H15NO2S/c1-8-4-5-9(2)14-13(8)11(6-10(3)15-14)18-7-12(16)17/h4-6H,7H2,1-3H3,(H,16,17). The zero-order chi connectivity index (χ0) is 13.3. The molecule has 0 fully saturated rings. The first kappa shape index (κ1) is 12.9. The molecule has 1 N–H and O–H groups in total. The minimum absolute atomic E-state index is 0.0753. The monoisotopic (exact) mass is 261 g/mol. The molecule has 0 bridgehead atoms. The van der Waals surface area contributed by atoms with Gasteiger partial charge in [0.15, 0.2) is 0 Å². The second-order valence-corrected chi connectivity index (χ2v) is 5.38. The molecule has 0 spiro atoms. The van der Waals surface area contributed by atoms with Gasteiger partial charge in [-0.3, -0.25) is 9.78 Å². The molecule has 0 aliphatic carbocycles. The van der Waals surface area contributed by atoms with E-state index in [2.05, 4.69) is 17.1 Å². The van der Waals surface area contributed by atoms with Crippen molar-refractivity contribution >= 4 is 28.6 Å². The maximum Gasteiger partial charge on any atom is 0.313 e. The second kappa shape index (κ2) is 4.98. The first-order valence-corrected chi connectivity index (χ1v) is 6.69. The van der Waals surface area contributed by atoms with Gasteiger partial charge in [0.1, 0.15) is 0 Å². The van der Waals surface area contributed by atoms with Crippen LogP contribution in [0.5, 0.6) is 0 Å². The molecule has 4 heteroatoms. The van der Waals surface area contributed by atoms with Crippen LogP contribution in [0.15, 0.2) is 23.1 Å². The van der Waals surface area contributed by atoms with Crippen molar-refractivity contribution in [3.63, 3.8) is 0 Å². The summed E-state index contributed by atoms with van der Waals surface area (Å²) in [6.07, 6.45) is 0. The molecular formula is C14H15NO2S. The molecule has 0 saturated carbocycles. The lowest BCUT2D eigenvalue weighted by atomic mass is 10.1. The third-order valence-electron chi connectivity index (χ3n) is 2.81. The first-order chi connectivity index (χ1) is 8.49. The van der Waals surface area contributed by atoms with E-state index in [1.807, 2.05) is 26.8 Å². The van der Waals surface area contributed by atoms with Crippen molar-refractivity contribution in [3.8, 4) is 0 Å². The fourth-order valence-electron chi connectivity index (χ4n) is 1.98. The Bertz CT molecular complexity index is 623. The summed E-state index contributed by atoms with van der Waals surface area (Å²) in [5, 5.41) is 9.88. The molecule has 0 amide bonds. The molecule has 3 nitrogen and oxygen atoms in total. The molecule has 2 aromatic rings. The Morgan fingerprint density at radius 1 is 1.28 bits per heavy atom. The summed E-state index contributed by atoms with van der Waals surface area (Å²) in [4.78, 5) is 16.3. The van der Waals surface area contributed by atoms with Crippen LogP contribution < -0.4 is 0 Å². The van der Waals surface area contributed by atoms with Gasteiger partial charge in [0.25, 0.3) is 0 Å². The van der Waals surface area contributed by atoms with Gasteiger partial charge in [-0.1, -0.05) is 12.1 Å². The molecule has 2 rings (SSSR count). The van der Waals surface area contributed by atoms with E-state index in [1.54, 1.807) is 0 Å². The van der Waals surface area contributed by atoms with Crippen LogP contribution in [0.4, 0.5) is 0 Å². The molecule has 1 heterocycles. The number of rotatable bonds is 3. The van der Waals surface area contributed by atoms with Crippen molar-refractivity contribution in [2.45, 2.75) is 25.7 Å². The third kappa shape index (κ3) is 2.48. The summed E-state index contributed by atoms with van der Waals surface area (Å²) in [6.45, 7) is 6.00. The van der Waals surface area contributed by atoms with Crippen molar-refractivity contribution in [2.24, 2.45) is 0 Å². The highest BCUT2D eigenvalue weighted by Gasteiger charge is 2.10. The number of pyridine rings is 1. The third-order valence-corrected chi connectivity index (χ3v) is 3.84. The number of hydrogen-bond donors (Lipinski definition) is 1. The number of aryl methyl sites for hydroxylation is 3. The van der Waals surface area contributed by atoms with Crippen molar-refractivity contribution in [2.75, 3.05) is 5.75 Å². The maximum absolute atomic E-state index is 10.7. The van der Waals surface area contributed by atoms with E-state index in [9.17, 15) is 4.79 Å². The van der Waals surface area contributed by atoms with Gasteiger partial charge in [0, 0.05) is 16.0 Å². The van der Waals surface area contributed by atoms with Crippen molar-refractivity contribution in [1.29, 1.82) is 0 Å². The molecule has 1 aromatic heterocycles. The number of thioether (sulfide) groups is 1. The SMILES string of the molecule is Cc1cc(SCC(=O)O)c2c(C)ccc(C)c2n1. The lowest BCUT2D eigenvalue weighted by Crippen LogP contribution is -1.99. The number of nitrogens with zero attached hydrogens (tertiary/aromatic N) is 1. The van der Waals surface area contributed by atoms with E-state index < -0.39 is 5.97 Å². The van der Waals surface area contributed by atoms with Gasteiger partial charge in [-0.15, -0.1) is 11.8 Å². The van der Waals surface area contributed by atoms with Crippen molar-refractivity contribution in [1.82, 2.24) is 4.98 Å². The van der Waals surface area contributed by atoms with Gasteiger partial charge in [0.05, 0.1) is 11.3 Å². The van der Waals surface area contributed by atoms with Crippen molar-refractivity contribution < 1.29 is 9.90 Å². The Morgan fingerprint density at radius 2 is 1.94 bits per heavy atom. The molecule has 1 aromatic carbocycles. The van der Waals surface area contributed by atoms with Crippen LogP contribution in [-0.2, 0) is 4.79 Å². The fourth-order valence-corrected chi connectivity index (χ4v) is 2.91. The Hall–Kier alpha value is -1.55. The Balaban J connectivity index is 2.64. The summed E-state index contributed by atoms with van der Waals surface area (Å²) in [7, 11) is 0. The molecule has 0 aliphatic rings. The molecule has 0 aliphatic heterocycles. The van der Waals surface area contributed by atoms with Crippen LogP contribution in [0.25, 0.3) is 10.9 Å². The zero-order valence-corrected chi connectivity index (χ0v) is 11.5. The van der Waals surface area contributed by atoms with Gasteiger partial charge < -0.3 is 5.11 Å². The van der Waals surface area contributed by atoms with E-state index in [4.69, 9.17) is 5.11 Å². The molecule has 94 valence electrons. The maximum atomic E-state index is 10.7. The van der Waals surface area contributed by atoms with E-state index in [1.165, 1.54) is 11.8 Å². The van der Waals surface area contributed by atoms with Crippen LogP contribution in [0.2, 0.25) is 0 Å². The predicted octanol–water partition coefficient (Wildman–Crippen LogP) is 3.34. The van der Waals surface area contributed by atoms with Gasteiger partial charge in [-0.2, -0.15) is 0 Å².